The van der Waals surface area contributed by atoms with Crippen LogP contribution in [0.1, 0.15) is 30.5 Å². The van der Waals surface area contributed by atoms with E-state index in [9.17, 15) is 0 Å². The maximum atomic E-state index is 5.81. The molecule has 3 rings (SSSR count). The third kappa shape index (κ3) is 1.97. The van der Waals surface area contributed by atoms with Crippen LogP contribution in [0, 0.1) is 6.92 Å². The molecule has 1 aromatic rings. The Morgan fingerprint density at radius 3 is 3.00 bits per heavy atom. The van der Waals surface area contributed by atoms with Gasteiger partial charge in [0.2, 0.25) is 0 Å². The third-order valence-corrected chi connectivity index (χ3v) is 3.65. The van der Waals surface area contributed by atoms with Gasteiger partial charge in [-0.3, -0.25) is 4.98 Å². The second-order valence-electron chi connectivity index (χ2n) is 4.90. The molecule has 2 saturated heterocycles. The van der Waals surface area contributed by atoms with Crippen molar-refractivity contribution in [1.29, 1.82) is 0 Å². The zero-order valence-electron chi connectivity index (χ0n) is 9.65. The molecule has 0 spiro atoms. The van der Waals surface area contributed by atoms with E-state index in [-0.39, 0.29) is 0 Å². The van der Waals surface area contributed by atoms with Crippen LogP contribution in [0.4, 0.5) is 0 Å². The molecule has 1 N–H and O–H groups in total. The molecule has 0 amide bonds. The third-order valence-electron chi connectivity index (χ3n) is 3.65. The summed E-state index contributed by atoms with van der Waals surface area (Å²) in [6, 6.07) is 4.76. The normalized spacial score (nSPS) is 32.2. The number of fused-ring (bicyclic) bond motifs is 2. The average Bonchev–Trinajstić information content (AvgIpc) is 2.90. The molecule has 1 aromatic heterocycles. The highest BCUT2D eigenvalue weighted by Crippen LogP contribution is 2.34. The Morgan fingerprint density at radius 1 is 1.44 bits per heavy atom. The van der Waals surface area contributed by atoms with Crippen LogP contribution in [-0.4, -0.2) is 23.2 Å². The second kappa shape index (κ2) is 4.15. The van der Waals surface area contributed by atoms with Crippen LogP contribution in [-0.2, 0) is 11.3 Å². The summed E-state index contributed by atoms with van der Waals surface area (Å²) < 4.78 is 5.81. The van der Waals surface area contributed by atoms with Gasteiger partial charge in [-0.2, -0.15) is 0 Å². The zero-order chi connectivity index (χ0) is 11.0. The molecule has 3 nitrogen and oxygen atoms in total. The van der Waals surface area contributed by atoms with Gasteiger partial charge in [-0.1, -0.05) is 6.07 Å². The number of aromatic nitrogens is 1. The van der Waals surface area contributed by atoms with Crippen molar-refractivity contribution < 1.29 is 4.74 Å². The fourth-order valence-electron chi connectivity index (χ4n) is 2.70. The fourth-order valence-corrected chi connectivity index (χ4v) is 2.70. The maximum absolute atomic E-state index is 5.81. The molecule has 86 valence electrons. The van der Waals surface area contributed by atoms with Crippen molar-refractivity contribution in [2.24, 2.45) is 0 Å². The Labute approximate surface area is 96.2 Å². The first-order valence-electron chi connectivity index (χ1n) is 6.11. The lowest BCUT2D eigenvalue weighted by Gasteiger charge is -2.19. The molecule has 3 heterocycles. The second-order valence-corrected chi connectivity index (χ2v) is 4.90. The summed E-state index contributed by atoms with van der Waals surface area (Å²) >= 11 is 0. The van der Waals surface area contributed by atoms with E-state index >= 15 is 0 Å². The van der Waals surface area contributed by atoms with Crippen molar-refractivity contribution in [2.45, 2.75) is 51.0 Å². The molecule has 2 bridgehead atoms. The number of pyridine rings is 1. The summed E-state index contributed by atoms with van der Waals surface area (Å²) in [7, 11) is 0. The quantitative estimate of drug-likeness (QED) is 0.840. The molecule has 3 atom stereocenters. The van der Waals surface area contributed by atoms with Crippen molar-refractivity contribution in [3.05, 3.63) is 29.6 Å². The summed E-state index contributed by atoms with van der Waals surface area (Å²) in [5.74, 6) is 0. The number of ether oxygens (including phenoxy) is 1. The largest absolute Gasteiger partial charge is 0.373 e. The maximum Gasteiger partial charge on any atom is 0.0733 e. The number of aryl methyl sites for hydroxylation is 1. The zero-order valence-corrected chi connectivity index (χ0v) is 9.65. The van der Waals surface area contributed by atoms with Crippen LogP contribution >= 0.6 is 0 Å². The predicted octanol–water partition coefficient (Wildman–Crippen LogP) is 1.80. The van der Waals surface area contributed by atoms with E-state index in [0.717, 1.165) is 12.2 Å². The molecule has 2 aliphatic rings. The molecule has 3 unspecified atom stereocenters. The van der Waals surface area contributed by atoms with Gasteiger partial charge in [0.1, 0.15) is 0 Å². The number of hydrogen-bond acceptors (Lipinski definition) is 3. The molecule has 3 heteroatoms. The molecule has 16 heavy (non-hydrogen) atoms. The molecular weight excluding hydrogens is 200 g/mol. The minimum absolute atomic E-state index is 0.461. The average molecular weight is 218 g/mol. The standard InChI is InChI=1S/C13H18N2O/c1-9-2-3-10(7-14-9)8-15-12-6-11-4-5-13(12)16-11/h2-3,7,11-13,15H,4-6,8H2,1H3. The fraction of sp³-hybridized carbons (Fsp3) is 0.615. The van der Waals surface area contributed by atoms with Crippen LogP contribution < -0.4 is 5.32 Å². The number of rotatable bonds is 3. The van der Waals surface area contributed by atoms with Gasteiger partial charge >= 0.3 is 0 Å². The van der Waals surface area contributed by atoms with Gasteiger partial charge in [0.05, 0.1) is 12.2 Å². The number of hydrogen-bond donors (Lipinski definition) is 1. The van der Waals surface area contributed by atoms with Gasteiger partial charge in [0, 0.05) is 24.5 Å². The van der Waals surface area contributed by atoms with Gasteiger partial charge in [-0.15, -0.1) is 0 Å². The molecular formula is C13H18N2O. The first-order chi connectivity index (χ1) is 7.81. The molecule has 0 saturated carbocycles. The Morgan fingerprint density at radius 2 is 2.38 bits per heavy atom. The van der Waals surface area contributed by atoms with Gasteiger partial charge in [-0.05, 0) is 37.8 Å². The summed E-state index contributed by atoms with van der Waals surface area (Å²) in [5.41, 5.74) is 2.33. The van der Waals surface area contributed by atoms with Crippen molar-refractivity contribution in [2.75, 3.05) is 0 Å². The van der Waals surface area contributed by atoms with E-state index in [2.05, 4.69) is 22.4 Å². The topological polar surface area (TPSA) is 34.1 Å². The molecule has 0 aromatic carbocycles. The van der Waals surface area contributed by atoms with Gasteiger partial charge in [0.15, 0.2) is 0 Å². The minimum atomic E-state index is 0.461. The predicted molar refractivity (Wildman–Crippen MR) is 62.1 cm³/mol. The van der Waals surface area contributed by atoms with Crippen molar-refractivity contribution in [3.63, 3.8) is 0 Å². The Kier molecular flexibility index (Phi) is 2.65. The Bertz CT molecular complexity index is 363. The summed E-state index contributed by atoms with van der Waals surface area (Å²) in [6.07, 6.45) is 6.62. The Hall–Kier alpha value is -0.930. The van der Waals surface area contributed by atoms with E-state index in [1.165, 1.54) is 24.8 Å². The molecule has 0 radical (unpaired) electrons. The van der Waals surface area contributed by atoms with Crippen LogP contribution in [0.2, 0.25) is 0 Å². The van der Waals surface area contributed by atoms with Gasteiger partial charge < -0.3 is 10.1 Å². The van der Waals surface area contributed by atoms with Crippen molar-refractivity contribution in [1.82, 2.24) is 10.3 Å². The SMILES string of the molecule is Cc1ccc(CNC2CC3CCC2O3)cn1. The van der Waals surface area contributed by atoms with Crippen LogP contribution in [0.25, 0.3) is 0 Å². The van der Waals surface area contributed by atoms with E-state index in [1.54, 1.807) is 0 Å². The van der Waals surface area contributed by atoms with Crippen LogP contribution in [0.15, 0.2) is 18.3 Å². The highest BCUT2D eigenvalue weighted by molar-refractivity contribution is 5.13. The van der Waals surface area contributed by atoms with Crippen molar-refractivity contribution >= 4 is 0 Å². The summed E-state index contributed by atoms with van der Waals surface area (Å²) in [6.45, 7) is 2.92. The van der Waals surface area contributed by atoms with Crippen LogP contribution in [0.5, 0.6) is 0 Å². The lowest BCUT2D eigenvalue weighted by atomic mass is 9.95. The van der Waals surface area contributed by atoms with Gasteiger partial charge in [0.25, 0.3) is 0 Å². The molecule has 2 fully saturated rings. The van der Waals surface area contributed by atoms with E-state index < -0.39 is 0 Å². The van der Waals surface area contributed by atoms with E-state index in [4.69, 9.17) is 4.74 Å². The first-order valence-corrected chi connectivity index (χ1v) is 6.11. The highest BCUT2D eigenvalue weighted by atomic mass is 16.5. The van der Waals surface area contributed by atoms with Gasteiger partial charge in [-0.25, -0.2) is 0 Å². The summed E-state index contributed by atoms with van der Waals surface area (Å²) in [4.78, 5) is 4.30. The monoisotopic (exact) mass is 218 g/mol. The number of nitrogens with one attached hydrogen (secondary N) is 1. The smallest absolute Gasteiger partial charge is 0.0733 e. The highest BCUT2D eigenvalue weighted by Gasteiger charge is 2.40. The Balaban J connectivity index is 1.55. The summed E-state index contributed by atoms with van der Waals surface area (Å²) in [5, 5.41) is 3.58. The van der Waals surface area contributed by atoms with E-state index in [0.29, 0.717) is 18.2 Å². The molecule has 0 aliphatic carbocycles. The van der Waals surface area contributed by atoms with Crippen LogP contribution in [0.3, 0.4) is 0 Å². The molecule has 2 aliphatic heterocycles. The first kappa shape index (κ1) is 10.2. The number of nitrogens with zero attached hydrogens (tertiary/aromatic N) is 1. The minimum Gasteiger partial charge on any atom is -0.373 e. The lowest BCUT2D eigenvalue weighted by Crippen LogP contribution is -2.36. The van der Waals surface area contributed by atoms with Crippen molar-refractivity contribution in [3.8, 4) is 0 Å². The lowest BCUT2D eigenvalue weighted by molar-refractivity contribution is 0.0973. The van der Waals surface area contributed by atoms with E-state index in [1.807, 2.05) is 13.1 Å².